The predicted molar refractivity (Wildman–Crippen MR) is 125 cm³/mol. The Balaban J connectivity index is 1.44. The highest BCUT2D eigenvalue weighted by Gasteiger charge is 2.33. The zero-order valence-electron chi connectivity index (χ0n) is 18.9. The number of carbonyl (C=O) groups is 1. The van der Waals surface area contributed by atoms with Crippen molar-refractivity contribution in [1.29, 1.82) is 0 Å². The number of ether oxygens (including phenoxy) is 1. The SMILES string of the molecule is CCOC(=O)N1CCN(c2ncnc(N3CCC(Cc4ccccc4)CC3)c2[N+](=O)[O-])CC1. The Labute approximate surface area is 193 Å². The zero-order chi connectivity index (χ0) is 23.2. The van der Waals surface area contributed by atoms with Gasteiger partial charge in [0, 0.05) is 39.3 Å². The molecular weight excluding hydrogens is 424 g/mol. The first kappa shape index (κ1) is 22.8. The highest BCUT2D eigenvalue weighted by atomic mass is 16.6. The third kappa shape index (κ3) is 5.32. The average Bonchev–Trinajstić information content (AvgIpc) is 2.85. The van der Waals surface area contributed by atoms with Gasteiger partial charge in [-0.15, -0.1) is 0 Å². The van der Waals surface area contributed by atoms with Gasteiger partial charge in [-0.2, -0.15) is 0 Å². The number of rotatable bonds is 6. The maximum atomic E-state index is 12.1. The Morgan fingerprint density at radius 3 is 2.21 bits per heavy atom. The quantitative estimate of drug-likeness (QED) is 0.484. The van der Waals surface area contributed by atoms with E-state index >= 15 is 0 Å². The van der Waals surface area contributed by atoms with Crippen molar-refractivity contribution in [3.8, 4) is 0 Å². The molecule has 10 heteroatoms. The van der Waals surface area contributed by atoms with E-state index in [2.05, 4.69) is 34.2 Å². The van der Waals surface area contributed by atoms with E-state index in [1.807, 2.05) is 15.9 Å². The molecule has 0 spiro atoms. The van der Waals surface area contributed by atoms with Crippen molar-refractivity contribution in [2.75, 3.05) is 55.7 Å². The lowest BCUT2D eigenvalue weighted by Gasteiger charge is -2.35. The van der Waals surface area contributed by atoms with Gasteiger partial charge >= 0.3 is 11.8 Å². The van der Waals surface area contributed by atoms with Crippen LogP contribution in [0.15, 0.2) is 36.7 Å². The number of piperidine rings is 1. The topological polar surface area (TPSA) is 105 Å². The molecule has 2 fully saturated rings. The van der Waals surface area contributed by atoms with Crippen LogP contribution in [0, 0.1) is 16.0 Å². The molecule has 0 unspecified atom stereocenters. The number of hydrogen-bond donors (Lipinski definition) is 0. The monoisotopic (exact) mass is 454 g/mol. The van der Waals surface area contributed by atoms with Crippen LogP contribution in [-0.2, 0) is 11.2 Å². The van der Waals surface area contributed by atoms with Crippen molar-refractivity contribution >= 4 is 23.4 Å². The van der Waals surface area contributed by atoms with Crippen LogP contribution in [0.3, 0.4) is 0 Å². The van der Waals surface area contributed by atoms with Crippen molar-refractivity contribution in [2.24, 2.45) is 5.92 Å². The molecule has 4 rings (SSSR count). The summed E-state index contributed by atoms with van der Waals surface area (Å²) in [7, 11) is 0. The molecule has 0 saturated carbocycles. The van der Waals surface area contributed by atoms with Crippen molar-refractivity contribution < 1.29 is 14.5 Å². The van der Waals surface area contributed by atoms with Crippen LogP contribution in [-0.4, -0.2) is 71.8 Å². The van der Waals surface area contributed by atoms with Gasteiger partial charge in [-0.05, 0) is 37.7 Å². The fourth-order valence-electron chi connectivity index (χ4n) is 4.60. The molecule has 0 aliphatic carbocycles. The standard InChI is InChI=1S/C23H30N6O4/c1-2-33-23(30)28-14-12-27(13-15-28)22-20(29(31)32)21(24-17-25-22)26-10-8-19(9-11-26)16-18-6-4-3-5-7-18/h3-7,17,19H,2,8-16H2,1H3. The predicted octanol–water partition coefficient (Wildman–Crippen LogP) is 3.12. The first-order chi connectivity index (χ1) is 16.1. The fraction of sp³-hybridized carbons (Fsp3) is 0.522. The van der Waals surface area contributed by atoms with Gasteiger partial charge in [0.1, 0.15) is 6.33 Å². The number of piperazine rings is 1. The molecule has 10 nitrogen and oxygen atoms in total. The van der Waals surface area contributed by atoms with E-state index in [1.54, 1.807) is 11.8 Å². The zero-order valence-corrected chi connectivity index (χ0v) is 18.9. The summed E-state index contributed by atoms with van der Waals surface area (Å²) in [6.07, 6.45) is 4.00. The first-order valence-electron chi connectivity index (χ1n) is 11.5. The summed E-state index contributed by atoms with van der Waals surface area (Å²) in [5.41, 5.74) is 1.27. The van der Waals surface area contributed by atoms with Gasteiger partial charge in [0.05, 0.1) is 11.5 Å². The van der Waals surface area contributed by atoms with Gasteiger partial charge in [0.25, 0.3) is 0 Å². The van der Waals surface area contributed by atoms with Crippen LogP contribution in [0.25, 0.3) is 0 Å². The summed E-state index contributed by atoms with van der Waals surface area (Å²) in [6, 6.07) is 10.4. The number of hydrogen-bond acceptors (Lipinski definition) is 8. The highest BCUT2D eigenvalue weighted by Crippen LogP contribution is 2.36. The molecule has 1 aromatic heterocycles. The number of nitrogens with zero attached hydrogens (tertiary/aromatic N) is 6. The minimum Gasteiger partial charge on any atom is -0.450 e. The van der Waals surface area contributed by atoms with Crippen molar-refractivity contribution in [3.63, 3.8) is 0 Å². The lowest BCUT2D eigenvalue weighted by Crippen LogP contribution is -2.49. The summed E-state index contributed by atoms with van der Waals surface area (Å²) in [4.78, 5) is 37.7. The van der Waals surface area contributed by atoms with Gasteiger partial charge in [-0.1, -0.05) is 30.3 Å². The second-order valence-electron chi connectivity index (χ2n) is 8.42. The minimum absolute atomic E-state index is 0.0522. The number of amides is 1. The Bertz CT molecular complexity index is 957. The Hall–Kier alpha value is -3.43. The molecule has 0 radical (unpaired) electrons. The smallest absolute Gasteiger partial charge is 0.409 e. The van der Waals surface area contributed by atoms with Crippen molar-refractivity contribution in [1.82, 2.24) is 14.9 Å². The van der Waals surface area contributed by atoms with Crippen LogP contribution < -0.4 is 9.80 Å². The van der Waals surface area contributed by atoms with E-state index in [1.165, 1.54) is 11.9 Å². The van der Waals surface area contributed by atoms with Crippen LogP contribution in [0.4, 0.5) is 22.1 Å². The Morgan fingerprint density at radius 1 is 1.03 bits per heavy atom. The number of anilines is 2. The lowest BCUT2D eigenvalue weighted by molar-refractivity contribution is -0.383. The molecule has 33 heavy (non-hydrogen) atoms. The lowest BCUT2D eigenvalue weighted by atomic mass is 9.90. The van der Waals surface area contributed by atoms with Gasteiger partial charge in [-0.25, -0.2) is 14.8 Å². The second-order valence-corrected chi connectivity index (χ2v) is 8.42. The van der Waals surface area contributed by atoms with E-state index in [0.717, 1.165) is 32.4 Å². The molecular formula is C23H30N6O4. The number of aromatic nitrogens is 2. The van der Waals surface area contributed by atoms with E-state index in [9.17, 15) is 14.9 Å². The Kier molecular flexibility index (Phi) is 7.21. The largest absolute Gasteiger partial charge is 0.450 e. The summed E-state index contributed by atoms with van der Waals surface area (Å²) >= 11 is 0. The molecule has 2 saturated heterocycles. The van der Waals surface area contributed by atoms with E-state index in [-0.39, 0.29) is 16.7 Å². The van der Waals surface area contributed by atoms with Crippen LogP contribution in [0.5, 0.6) is 0 Å². The van der Waals surface area contributed by atoms with E-state index in [4.69, 9.17) is 4.74 Å². The fourth-order valence-corrected chi connectivity index (χ4v) is 4.60. The van der Waals surface area contributed by atoms with Gasteiger partial charge in [-0.3, -0.25) is 10.1 Å². The van der Waals surface area contributed by atoms with Crippen molar-refractivity contribution in [3.05, 3.63) is 52.3 Å². The molecule has 3 heterocycles. The molecule has 0 N–H and O–H groups in total. The van der Waals surface area contributed by atoms with Crippen LogP contribution in [0.1, 0.15) is 25.3 Å². The van der Waals surface area contributed by atoms with Gasteiger partial charge < -0.3 is 19.4 Å². The number of benzene rings is 1. The average molecular weight is 455 g/mol. The summed E-state index contributed by atoms with van der Waals surface area (Å²) in [5, 5.41) is 12.1. The molecule has 1 aromatic carbocycles. The van der Waals surface area contributed by atoms with Gasteiger partial charge in [0.15, 0.2) is 0 Å². The van der Waals surface area contributed by atoms with Gasteiger partial charge in [0.2, 0.25) is 11.6 Å². The normalized spacial score (nSPS) is 17.2. The molecule has 2 aromatic rings. The molecule has 2 aliphatic rings. The minimum atomic E-state index is -0.377. The van der Waals surface area contributed by atoms with E-state index < -0.39 is 0 Å². The second kappa shape index (κ2) is 10.5. The molecule has 1 amide bonds. The summed E-state index contributed by atoms with van der Waals surface area (Å²) in [5.74, 6) is 1.26. The first-order valence-corrected chi connectivity index (χ1v) is 11.5. The third-order valence-electron chi connectivity index (χ3n) is 6.35. The van der Waals surface area contributed by atoms with E-state index in [0.29, 0.717) is 50.3 Å². The van der Waals surface area contributed by atoms with Crippen LogP contribution >= 0.6 is 0 Å². The number of nitro groups is 1. The molecule has 0 bridgehead atoms. The maximum absolute atomic E-state index is 12.1. The molecule has 176 valence electrons. The molecule has 2 aliphatic heterocycles. The van der Waals surface area contributed by atoms with Crippen LogP contribution in [0.2, 0.25) is 0 Å². The summed E-state index contributed by atoms with van der Waals surface area (Å²) < 4.78 is 5.06. The molecule has 0 atom stereocenters. The maximum Gasteiger partial charge on any atom is 0.409 e. The van der Waals surface area contributed by atoms with Crippen molar-refractivity contribution in [2.45, 2.75) is 26.2 Å². The third-order valence-corrected chi connectivity index (χ3v) is 6.35. The summed E-state index contributed by atoms with van der Waals surface area (Å²) in [6.45, 7) is 5.31. The Morgan fingerprint density at radius 2 is 1.64 bits per heavy atom. The number of carbonyl (C=O) groups excluding carboxylic acids is 1. The highest BCUT2D eigenvalue weighted by molar-refractivity contribution is 5.72.